The van der Waals surface area contributed by atoms with Gasteiger partial charge in [-0.15, -0.1) is 0 Å². The molecule has 1 aromatic carbocycles. The Balaban J connectivity index is 1.75. The van der Waals surface area contributed by atoms with Crippen LogP contribution in [-0.4, -0.2) is 21.9 Å². The van der Waals surface area contributed by atoms with Crippen LogP contribution in [0.3, 0.4) is 0 Å². The Morgan fingerprint density at radius 1 is 1.25 bits per heavy atom. The summed E-state index contributed by atoms with van der Waals surface area (Å²) in [4.78, 5) is 19.8. The standard InChI is InChI=1S/C14H13FN4O/c15-9-2-1-3-11(6-9)18-13-7-12(16-8-17-13)14(20)19-10-4-5-10/h1-3,6-8,10H,4-5H2,(H,19,20)(H,16,17,18). The van der Waals surface area contributed by atoms with E-state index in [0.29, 0.717) is 17.2 Å². The highest BCUT2D eigenvalue weighted by Gasteiger charge is 2.24. The van der Waals surface area contributed by atoms with Gasteiger partial charge in [0.25, 0.3) is 5.91 Å². The molecule has 0 bridgehead atoms. The van der Waals surface area contributed by atoms with Gasteiger partial charge in [-0.3, -0.25) is 4.79 Å². The number of benzene rings is 1. The Kier molecular flexibility index (Phi) is 3.28. The summed E-state index contributed by atoms with van der Waals surface area (Å²) < 4.78 is 13.1. The van der Waals surface area contributed by atoms with Crippen LogP contribution in [0, 0.1) is 5.82 Å². The number of hydrogen-bond donors (Lipinski definition) is 2. The molecule has 0 aliphatic heterocycles. The van der Waals surface area contributed by atoms with Crippen LogP contribution >= 0.6 is 0 Å². The highest BCUT2D eigenvalue weighted by atomic mass is 19.1. The van der Waals surface area contributed by atoms with E-state index in [1.165, 1.54) is 18.5 Å². The second kappa shape index (κ2) is 5.24. The Hall–Kier alpha value is -2.50. The zero-order valence-electron chi connectivity index (χ0n) is 10.6. The van der Waals surface area contributed by atoms with Gasteiger partial charge in [-0.2, -0.15) is 0 Å². The van der Waals surface area contributed by atoms with Crippen LogP contribution in [-0.2, 0) is 0 Å². The molecule has 1 fully saturated rings. The predicted molar refractivity (Wildman–Crippen MR) is 72.2 cm³/mol. The van der Waals surface area contributed by atoms with Crippen LogP contribution < -0.4 is 10.6 Å². The second-order valence-electron chi connectivity index (χ2n) is 4.67. The normalized spacial score (nSPS) is 13.8. The number of nitrogens with zero attached hydrogens (tertiary/aromatic N) is 2. The van der Waals surface area contributed by atoms with E-state index in [1.54, 1.807) is 18.2 Å². The summed E-state index contributed by atoms with van der Waals surface area (Å²) in [5, 5.41) is 5.79. The number of carbonyl (C=O) groups is 1. The van der Waals surface area contributed by atoms with E-state index in [0.717, 1.165) is 12.8 Å². The summed E-state index contributed by atoms with van der Waals surface area (Å²) in [5.74, 6) is -0.0977. The van der Waals surface area contributed by atoms with E-state index in [9.17, 15) is 9.18 Å². The van der Waals surface area contributed by atoms with E-state index >= 15 is 0 Å². The van der Waals surface area contributed by atoms with Crippen LogP contribution in [0.4, 0.5) is 15.9 Å². The molecule has 0 unspecified atom stereocenters. The monoisotopic (exact) mass is 272 g/mol. The van der Waals surface area contributed by atoms with Crippen molar-refractivity contribution in [1.82, 2.24) is 15.3 Å². The molecule has 0 radical (unpaired) electrons. The minimum absolute atomic E-state index is 0.211. The van der Waals surface area contributed by atoms with E-state index in [1.807, 2.05) is 0 Å². The summed E-state index contributed by atoms with van der Waals surface area (Å²) in [6.07, 6.45) is 3.35. The molecule has 0 saturated heterocycles. The van der Waals surface area contributed by atoms with Crippen LogP contribution in [0.25, 0.3) is 0 Å². The molecular weight excluding hydrogens is 259 g/mol. The minimum atomic E-state index is -0.337. The molecule has 0 atom stereocenters. The third-order valence-corrected chi connectivity index (χ3v) is 2.91. The molecule has 2 N–H and O–H groups in total. The van der Waals surface area contributed by atoms with E-state index in [-0.39, 0.29) is 17.8 Å². The van der Waals surface area contributed by atoms with Crippen LogP contribution in [0.2, 0.25) is 0 Å². The summed E-state index contributed by atoms with van der Waals surface area (Å²) in [5.41, 5.74) is 0.864. The first kappa shape index (κ1) is 12.5. The number of rotatable bonds is 4. The molecule has 1 saturated carbocycles. The van der Waals surface area contributed by atoms with Crippen LogP contribution in [0.1, 0.15) is 23.3 Å². The molecule has 6 heteroatoms. The van der Waals surface area contributed by atoms with Crippen molar-refractivity contribution in [2.45, 2.75) is 18.9 Å². The molecule has 1 aliphatic carbocycles. The van der Waals surface area contributed by atoms with Gasteiger partial charge in [0.15, 0.2) is 0 Å². The SMILES string of the molecule is O=C(NC1CC1)c1cc(Nc2cccc(F)c2)ncn1. The van der Waals surface area contributed by atoms with Crippen molar-refractivity contribution in [3.63, 3.8) is 0 Å². The summed E-state index contributed by atoms with van der Waals surface area (Å²) in [6, 6.07) is 7.85. The number of aromatic nitrogens is 2. The molecule has 102 valence electrons. The van der Waals surface area contributed by atoms with Crippen molar-refractivity contribution >= 4 is 17.4 Å². The quantitative estimate of drug-likeness (QED) is 0.895. The number of hydrogen-bond acceptors (Lipinski definition) is 4. The second-order valence-corrected chi connectivity index (χ2v) is 4.67. The van der Waals surface area contributed by atoms with Gasteiger partial charge in [-0.05, 0) is 31.0 Å². The Morgan fingerprint density at radius 2 is 2.10 bits per heavy atom. The maximum absolute atomic E-state index is 13.1. The summed E-state index contributed by atoms with van der Waals surface area (Å²) >= 11 is 0. The third-order valence-electron chi connectivity index (χ3n) is 2.91. The van der Waals surface area contributed by atoms with Crippen LogP contribution in [0.15, 0.2) is 36.7 Å². The highest BCUT2D eigenvalue weighted by Crippen LogP contribution is 2.20. The smallest absolute Gasteiger partial charge is 0.270 e. The fraction of sp³-hybridized carbons (Fsp3) is 0.214. The number of amides is 1. The van der Waals surface area contributed by atoms with Crippen molar-refractivity contribution in [3.05, 3.63) is 48.2 Å². The zero-order chi connectivity index (χ0) is 13.9. The third kappa shape index (κ3) is 3.09. The molecule has 0 spiro atoms. The minimum Gasteiger partial charge on any atom is -0.348 e. The van der Waals surface area contributed by atoms with Gasteiger partial charge in [0.2, 0.25) is 0 Å². The van der Waals surface area contributed by atoms with Gasteiger partial charge in [0.1, 0.15) is 23.7 Å². The molecule has 1 heterocycles. The fourth-order valence-corrected chi connectivity index (χ4v) is 1.75. The lowest BCUT2D eigenvalue weighted by molar-refractivity contribution is 0.0946. The average Bonchev–Trinajstić information content (AvgIpc) is 3.23. The number of anilines is 2. The van der Waals surface area contributed by atoms with Gasteiger partial charge >= 0.3 is 0 Å². The van der Waals surface area contributed by atoms with E-state index in [4.69, 9.17) is 0 Å². The Bertz CT molecular complexity index is 643. The molecule has 5 nitrogen and oxygen atoms in total. The molecule has 1 aromatic heterocycles. The lowest BCUT2D eigenvalue weighted by atomic mass is 10.3. The molecule has 3 rings (SSSR count). The molecular formula is C14H13FN4O. The number of carbonyl (C=O) groups excluding carboxylic acids is 1. The van der Waals surface area contributed by atoms with Crippen molar-refractivity contribution < 1.29 is 9.18 Å². The average molecular weight is 272 g/mol. The predicted octanol–water partition coefficient (Wildman–Crippen LogP) is 2.25. The van der Waals surface area contributed by atoms with Gasteiger partial charge < -0.3 is 10.6 Å². The summed E-state index contributed by atoms with van der Waals surface area (Å²) in [6.45, 7) is 0. The van der Waals surface area contributed by atoms with Crippen molar-refractivity contribution in [2.75, 3.05) is 5.32 Å². The number of nitrogens with one attached hydrogen (secondary N) is 2. The first-order valence-corrected chi connectivity index (χ1v) is 6.36. The molecule has 20 heavy (non-hydrogen) atoms. The Morgan fingerprint density at radius 3 is 2.85 bits per heavy atom. The lowest BCUT2D eigenvalue weighted by Crippen LogP contribution is -2.26. The van der Waals surface area contributed by atoms with Gasteiger partial charge in [0, 0.05) is 17.8 Å². The van der Waals surface area contributed by atoms with Gasteiger partial charge in [-0.25, -0.2) is 14.4 Å². The largest absolute Gasteiger partial charge is 0.348 e. The zero-order valence-corrected chi connectivity index (χ0v) is 10.6. The fourth-order valence-electron chi connectivity index (χ4n) is 1.75. The van der Waals surface area contributed by atoms with Crippen molar-refractivity contribution in [1.29, 1.82) is 0 Å². The Labute approximate surface area is 115 Å². The maximum atomic E-state index is 13.1. The summed E-state index contributed by atoms with van der Waals surface area (Å²) in [7, 11) is 0. The first-order valence-electron chi connectivity index (χ1n) is 6.36. The maximum Gasteiger partial charge on any atom is 0.270 e. The van der Waals surface area contributed by atoms with Crippen molar-refractivity contribution in [3.8, 4) is 0 Å². The topological polar surface area (TPSA) is 66.9 Å². The van der Waals surface area contributed by atoms with E-state index in [2.05, 4.69) is 20.6 Å². The molecule has 2 aromatic rings. The van der Waals surface area contributed by atoms with E-state index < -0.39 is 0 Å². The lowest BCUT2D eigenvalue weighted by Gasteiger charge is -2.07. The molecule has 1 aliphatic rings. The first-order chi connectivity index (χ1) is 9.70. The molecule has 1 amide bonds. The highest BCUT2D eigenvalue weighted by molar-refractivity contribution is 5.93. The van der Waals surface area contributed by atoms with Gasteiger partial charge in [0.05, 0.1) is 0 Å². The van der Waals surface area contributed by atoms with Gasteiger partial charge in [-0.1, -0.05) is 6.07 Å². The van der Waals surface area contributed by atoms with Crippen LogP contribution in [0.5, 0.6) is 0 Å². The number of halogens is 1. The van der Waals surface area contributed by atoms with Crippen molar-refractivity contribution in [2.24, 2.45) is 0 Å².